The zero-order valence-corrected chi connectivity index (χ0v) is 15.8. The van der Waals surface area contributed by atoms with Gasteiger partial charge in [-0.15, -0.1) is 0 Å². The van der Waals surface area contributed by atoms with Gasteiger partial charge < -0.3 is 9.30 Å². The minimum absolute atomic E-state index is 0.106. The number of rotatable bonds is 4. The Morgan fingerprint density at radius 2 is 2.08 bits per heavy atom. The van der Waals surface area contributed by atoms with Gasteiger partial charge in [-0.2, -0.15) is 0 Å². The lowest BCUT2D eigenvalue weighted by atomic mass is 10.1. The van der Waals surface area contributed by atoms with Crippen LogP contribution >= 0.6 is 24.0 Å². The third kappa shape index (κ3) is 3.62. The molecule has 5 nitrogen and oxygen atoms in total. The van der Waals surface area contributed by atoms with Crippen molar-refractivity contribution in [1.29, 1.82) is 0 Å². The fourth-order valence-electron chi connectivity index (χ4n) is 2.65. The molecule has 0 bridgehead atoms. The van der Waals surface area contributed by atoms with Crippen LogP contribution in [0.25, 0.3) is 17.0 Å². The highest BCUT2D eigenvalue weighted by molar-refractivity contribution is 8.26. The Labute approximate surface area is 155 Å². The molecular formula is C18H18N2O3S2. The van der Waals surface area contributed by atoms with Crippen LogP contribution in [-0.2, 0) is 20.9 Å². The number of esters is 1. The summed E-state index contributed by atoms with van der Waals surface area (Å²) < 4.78 is 7.62. The number of likely N-dealkylation sites (N-methyl/N-ethyl adjacent to an activating group) is 1. The molecule has 2 aromatic rings. The predicted molar refractivity (Wildman–Crippen MR) is 104 cm³/mol. The third-order valence-corrected chi connectivity index (χ3v) is 5.24. The summed E-state index contributed by atoms with van der Waals surface area (Å²) >= 11 is 6.46. The van der Waals surface area contributed by atoms with E-state index in [9.17, 15) is 9.59 Å². The summed E-state index contributed by atoms with van der Waals surface area (Å²) in [7, 11) is 1.67. The molecule has 1 aliphatic rings. The van der Waals surface area contributed by atoms with Crippen molar-refractivity contribution in [2.75, 3.05) is 7.05 Å². The van der Waals surface area contributed by atoms with Gasteiger partial charge in [0.25, 0.3) is 5.91 Å². The van der Waals surface area contributed by atoms with E-state index < -0.39 is 0 Å². The molecule has 1 amide bonds. The molecule has 25 heavy (non-hydrogen) atoms. The summed E-state index contributed by atoms with van der Waals surface area (Å²) in [6, 6.07) is 7.77. The fourth-order valence-corrected chi connectivity index (χ4v) is 3.82. The van der Waals surface area contributed by atoms with Crippen molar-refractivity contribution >= 4 is 57.2 Å². The van der Waals surface area contributed by atoms with Gasteiger partial charge in [-0.1, -0.05) is 42.2 Å². The molecule has 3 rings (SSSR count). The van der Waals surface area contributed by atoms with Crippen LogP contribution in [0.4, 0.5) is 0 Å². The van der Waals surface area contributed by atoms with Crippen molar-refractivity contribution in [2.45, 2.75) is 26.5 Å². The number of ether oxygens (including phenoxy) is 1. The van der Waals surface area contributed by atoms with Crippen LogP contribution in [0.3, 0.4) is 0 Å². The smallest absolute Gasteiger partial charge is 0.326 e. The number of nitrogens with zero attached hydrogens (tertiary/aromatic N) is 2. The molecule has 1 saturated heterocycles. The number of carbonyl (C=O) groups excluding carboxylic acids is 2. The van der Waals surface area contributed by atoms with E-state index in [0.717, 1.165) is 16.5 Å². The molecule has 0 atom stereocenters. The predicted octanol–water partition coefficient (Wildman–Crippen LogP) is 3.42. The highest BCUT2D eigenvalue weighted by Crippen LogP contribution is 2.33. The second-order valence-electron chi connectivity index (χ2n) is 6.01. The van der Waals surface area contributed by atoms with Crippen molar-refractivity contribution < 1.29 is 14.3 Å². The van der Waals surface area contributed by atoms with Crippen molar-refractivity contribution in [3.8, 4) is 0 Å². The van der Waals surface area contributed by atoms with E-state index >= 15 is 0 Å². The molecular weight excluding hydrogens is 356 g/mol. The maximum absolute atomic E-state index is 12.2. The monoisotopic (exact) mass is 374 g/mol. The maximum atomic E-state index is 12.2. The number of fused-ring (bicyclic) bond motifs is 1. The van der Waals surface area contributed by atoms with E-state index in [1.165, 1.54) is 16.7 Å². The molecule has 1 aliphatic heterocycles. The van der Waals surface area contributed by atoms with Crippen LogP contribution < -0.4 is 0 Å². The van der Waals surface area contributed by atoms with Gasteiger partial charge in [0, 0.05) is 29.7 Å². The largest absolute Gasteiger partial charge is 0.462 e. The topological polar surface area (TPSA) is 51.5 Å². The average molecular weight is 374 g/mol. The summed E-state index contributed by atoms with van der Waals surface area (Å²) in [5.41, 5.74) is 1.79. The molecule has 0 unspecified atom stereocenters. The summed E-state index contributed by atoms with van der Waals surface area (Å²) in [4.78, 5) is 26.3. The zero-order valence-electron chi connectivity index (χ0n) is 14.2. The van der Waals surface area contributed by atoms with E-state index in [1.54, 1.807) is 7.05 Å². The van der Waals surface area contributed by atoms with Crippen LogP contribution in [0.1, 0.15) is 19.4 Å². The second-order valence-corrected chi connectivity index (χ2v) is 7.68. The lowest BCUT2D eigenvalue weighted by molar-refractivity contribution is -0.148. The first-order chi connectivity index (χ1) is 11.9. The molecule has 0 spiro atoms. The highest BCUT2D eigenvalue weighted by Gasteiger charge is 2.29. The minimum Gasteiger partial charge on any atom is -0.462 e. The second kappa shape index (κ2) is 7.01. The zero-order chi connectivity index (χ0) is 18.1. The van der Waals surface area contributed by atoms with Crippen molar-refractivity contribution in [3.05, 3.63) is 40.9 Å². The molecule has 0 aliphatic carbocycles. The molecule has 1 fully saturated rings. The number of carbonyl (C=O) groups is 2. The number of benzene rings is 1. The quantitative estimate of drug-likeness (QED) is 0.466. The Kier molecular flexibility index (Phi) is 4.96. The molecule has 0 saturated carbocycles. The summed E-state index contributed by atoms with van der Waals surface area (Å²) in [6.45, 7) is 3.77. The van der Waals surface area contributed by atoms with E-state index in [1.807, 2.05) is 55.0 Å². The summed E-state index contributed by atoms with van der Waals surface area (Å²) in [5.74, 6) is -0.395. The molecule has 1 aromatic carbocycles. The number of hydrogen-bond acceptors (Lipinski definition) is 5. The lowest BCUT2D eigenvalue weighted by Gasteiger charge is -2.09. The van der Waals surface area contributed by atoms with Gasteiger partial charge in [0.05, 0.1) is 11.0 Å². The van der Waals surface area contributed by atoms with Gasteiger partial charge in [-0.05, 0) is 26.0 Å². The third-order valence-electron chi connectivity index (χ3n) is 3.76. The average Bonchev–Trinajstić information content (AvgIpc) is 3.00. The number of hydrogen-bond donors (Lipinski definition) is 0. The van der Waals surface area contributed by atoms with Crippen LogP contribution in [0.15, 0.2) is 35.4 Å². The fraction of sp³-hybridized carbons (Fsp3) is 0.278. The number of thiocarbonyl (C=S) groups is 1. The van der Waals surface area contributed by atoms with Gasteiger partial charge in [0.1, 0.15) is 10.9 Å². The van der Waals surface area contributed by atoms with Crippen molar-refractivity contribution in [2.24, 2.45) is 0 Å². The Morgan fingerprint density at radius 3 is 2.72 bits per heavy atom. The van der Waals surface area contributed by atoms with Crippen LogP contribution in [-0.4, -0.2) is 38.8 Å². The van der Waals surface area contributed by atoms with Gasteiger partial charge in [-0.25, -0.2) is 0 Å². The number of thioether (sulfide) groups is 1. The van der Waals surface area contributed by atoms with E-state index in [2.05, 4.69) is 0 Å². The number of aromatic nitrogens is 1. The van der Waals surface area contributed by atoms with Gasteiger partial charge >= 0.3 is 5.97 Å². The molecule has 0 radical (unpaired) electrons. The molecule has 130 valence electrons. The summed E-state index contributed by atoms with van der Waals surface area (Å²) in [6.07, 6.45) is 3.55. The summed E-state index contributed by atoms with van der Waals surface area (Å²) in [5, 5.41) is 0.973. The molecule has 7 heteroatoms. The first-order valence-corrected chi connectivity index (χ1v) is 9.08. The Bertz CT molecular complexity index is 899. The Hall–Kier alpha value is -2.12. The van der Waals surface area contributed by atoms with Crippen molar-refractivity contribution in [1.82, 2.24) is 9.47 Å². The first kappa shape index (κ1) is 17.7. The van der Waals surface area contributed by atoms with Gasteiger partial charge in [0.15, 0.2) is 0 Å². The lowest BCUT2D eigenvalue weighted by Crippen LogP contribution is -2.22. The highest BCUT2D eigenvalue weighted by atomic mass is 32.2. The van der Waals surface area contributed by atoms with Gasteiger partial charge in [0.2, 0.25) is 0 Å². The van der Waals surface area contributed by atoms with Gasteiger partial charge in [-0.3, -0.25) is 14.5 Å². The minimum atomic E-state index is -0.290. The maximum Gasteiger partial charge on any atom is 0.326 e. The van der Waals surface area contributed by atoms with Crippen LogP contribution in [0, 0.1) is 0 Å². The first-order valence-electron chi connectivity index (χ1n) is 7.85. The van der Waals surface area contributed by atoms with Crippen molar-refractivity contribution in [3.63, 3.8) is 0 Å². The van der Waals surface area contributed by atoms with E-state index in [0.29, 0.717) is 9.23 Å². The molecule has 0 N–H and O–H groups in total. The number of para-hydroxylation sites is 1. The van der Waals surface area contributed by atoms with Crippen LogP contribution in [0.2, 0.25) is 0 Å². The normalized spacial score (nSPS) is 16.5. The number of amides is 1. The SMILES string of the molecule is CC(C)OC(=O)Cn1cc(/C=C2/SC(=S)N(C)C2=O)c2ccccc21. The molecule has 1 aromatic heterocycles. The van der Waals surface area contributed by atoms with E-state index in [4.69, 9.17) is 17.0 Å². The van der Waals surface area contributed by atoms with E-state index in [-0.39, 0.29) is 24.5 Å². The Balaban J connectivity index is 1.99. The Morgan fingerprint density at radius 1 is 1.36 bits per heavy atom. The molecule has 2 heterocycles. The standard InChI is InChI=1S/C18H18N2O3S2/c1-11(2)23-16(21)10-20-9-12(13-6-4-5-7-14(13)20)8-15-17(22)19(3)18(24)25-15/h4-9,11H,10H2,1-3H3/b15-8+. The van der Waals surface area contributed by atoms with Crippen LogP contribution in [0.5, 0.6) is 0 Å².